The van der Waals surface area contributed by atoms with Gasteiger partial charge in [-0.25, -0.2) is 0 Å². The van der Waals surface area contributed by atoms with Crippen LogP contribution in [0, 0.1) is 5.92 Å². The van der Waals surface area contributed by atoms with Gasteiger partial charge in [-0.15, -0.1) is 0 Å². The lowest BCUT2D eigenvalue weighted by Crippen LogP contribution is -2.47. The van der Waals surface area contributed by atoms with E-state index in [0.717, 1.165) is 29.7 Å². The fraction of sp³-hybridized carbons (Fsp3) is 0.476. The Balaban J connectivity index is 1.50. The second kappa shape index (κ2) is 9.39. The summed E-state index contributed by atoms with van der Waals surface area (Å²) in [5.41, 5.74) is 2.24. The quantitative estimate of drug-likeness (QED) is 0.754. The van der Waals surface area contributed by atoms with Gasteiger partial charge in [-0.3, -0.25) is 14.7 Å². The molecule has 2 amide bonds. The van der Waals surface area contributed by atoms with E-state index in [9.17, 15) is 9.59 Å². The number of aromatic nitrogens is 2. The van der Waals surface area contributed by atoms with Crippen molar-refractivity contribution < 1.29 is 14.3 Å². The van der Waals surface area contributed by atoms with Gasteiger partial charge in [0, 0.05) is 39.3 Å². The Kier molecular flexibility index (Phi) is 6.68. The van der Waals surface area contributed by atoms with Crippen molar-refractivity contribution in [3.05, 3.63) is 47.8 Å². The minimum absolute atomic E-state index is 0.116. The Morgan fingerprint density at radius 3 is 2.75 bits per heavy atom. The molecule has 7 nitrogen and oxygen atoms in total. The second-order valence-electron chi connectivity index (χ2n) is 7.29. The average Bonchev–Trinajstić information content (AvgIpc) is 3.25. The number of nitrogens with zero attached hydrogens (tertiary/aromatic N) is 3. The molecule has 1 fully saturated rings. The van der Waals surface area contributed by atoms with Crippen molar-refractivity contribution in [1.29, 1.82) is 0 Å². The number of benzene rings is 1. The Morgan fingerprint density at radius 2 is 2.07 bits per heavy atom. The largest absolute Gasteiger partial charge is 0.497 e. The SMILES string of the molecule is COc1ccc(CCN2CC(C(=O)N(C)CCc3cn[nH]c3)CCC2=O)cc1. The molecule has 150 valence electrons. The predicted molar refractivity (Wildman–Crippen MR) is 106 cm³/mol. The maximum Gasteiger partial charge on any atom is 0.227 e. The van der Waals surface area contributed by atoms with Crippen molar-refractivity contribution in [2.75, 3.05) is 33.8 Å². The van der Waals surface area contributed by atoms with Crippen molar-refractivity contribution in [3.8, 4) is 5.75 Å². The molecule has 0 bridgehead atoms. The van der Waals surface area contributed by atoms with Crippen molar-refractivity contribution in [3.63, 3.8) is 0 Å². The molecule has 3 rings (SSSR count). The monoisotopic (exact) mass is 384 g/mol. The van der Waals surface area contributed by atoms with Crippen LogP contribution in [0.3, 0.4) is 0 Å². The molecule has 1 saturated heterocycles. The predicted octanol–water partition coefficient (Wildman–Crippen LogP) is 1.90. The van der Waals surface area contributed by atoms with E-state index in [1.165, 1.54) is 0 Å². The molecule has 0 spiro atoms. The van der Waals surface area contributed by atoms with Crippen LogP contribution in [0.5, 0.6) is 5.75 Å². The first-order chi connectivity index (χ1) is 13.6. The van der Waals surface area contributed by atoms with Crippen LogP contribution in [0.25, 0.3) is 0 Å². The topological polar surface area (TPSA) is 78.5 Å². The molecule has 1 aromatic carbocycles. The summed E-state index contributed by atoms with van der Waals surface area (Å²) in [4.78, 5) is 28.7. The maximum absolute atomic E-state index is 12.8. The summed E-state index contributed by atoms with van der Waals surface area (Å²) in [6, 6.07) is 7.88. The van der Waals surface area contributed by atoms with E-state index < -0.39 is 0 Å². The van der Waals surface area contributed by atoms with Gasteiger partial charge in [0.2, 0.25) is 11.8 Å². The number of amides is 2. The minimum atomic E-state index is -0.122. The molecule has 1 aliphatic heterocycles. The van der Waals surface area contributed by atoms with Crippen LogP contribution in [0.2, 0.25) is 0 Å². The summed E-state index contributed by atoms with van der Waals surface area (Å²) < 4.78 is 5.18. The highest BCUT2D eigenvalue weighted by molar-refractivity contribution is 5.83. The lowest BCUT2D eigenvalue weighted by molar-refractivity contribution is -0.142. The van der Waals surface area contributed by atoms with Crippen LogP contribution in [0.15, 0.2) is 36.7 Å². The van der Waals surface area contributed by atoms with Crippen LogP contribution < -0.4 is 4.74 Å². The third kappa shape index (κ3) is 5.12. The molecule has 0 radical (unpaired) electrons. The van der Waals surface area contributed by atoms with Crippen molar-refractivity contribution in [2.24, 2.45) is 5.92 Å². The van der Waals surface area contributed by atoms with Gasteiger partial charge in [0.15, 0.2) is 0 Å². The minimum Gasteiger partial charge on any atom is -0.497 e. The van der Waals surface area contributed by atoms with Gasteiger partial charge >= 0.3 is 0 Å². The fourth-order valence-electron chi connectivity index (χ4n) is 3.52. The molecule has 0 saturated carbocycles. The van der Waals surface area contributed by atoms with E-state index in [4.69, 9.17) is 4.74 Å². The molecule has 1 unspecified atom stereocenters. The van der Waals surface area contributed by atoms with Gasteiger partial charge < -0.3 is 14.5 Å². The number of methoxy groups -OCH3 is 1. The van der Waals surface area contributed by atoms with Crippen LogP contribution in [0.4, 0.5) is 0 Å². The molecule has 1 N–H and O–H groups in total. The molecular weight excluding hydrogens is 356 g/mol. The number of ether oxygens (including phenoxy) is 1. The molecule has 1 aliphatic rings. The molecule has 1 atom stereocenters. The Morgan fingerprint density at radius 1 is 1.29 bits per heavy atom. The van der Waals surface area contributed by atoms with Gasteiger partial charge in [-0.2, -0.15) is 5.10 Å². The van der Waals surface area contributed by atoms with Gasteiger partial charge in [0.05, 0.1) is 19.2 Å². The Hall–Kier alpha value is -2.83. The zero-order valence-electron chi connectivity index (χ0n) is 16.6. The molecule has 7 heteroatoms. The standard InChI is InChI=1S/C21H28N4O3/c1-24(11-9-17-13-22-23-14-17)21(27)18-5-8-20(26)25(15-18)12-10-16-3-6-19(28-2)7-4-16/h3-4,6-7,13-14,18H,5,8-12,15H2,1-2H3,(H,22,23). The first kappa shape index (κ1) is 19.9. The summed E-state index contributed by atoms with van der Waals surface area (Å²) in [6.45, 7) is 1.78. The number of carbonyl (C=O) groups is 2. The highest BCUT2D eigenvalue weighted by Gasteiger charge is 2.31. The summed E-state index contributed by atoms with van der Waals surface area (Å²) in [6.07, 6.45) is 6.23. The highest BCUT2D eigenvalue weighted by atomic mass is 16.5. The van der Waals surface area contributed by atoms with Gasteiger partial charge in [-0.1, -0.05) is 12.1 Å². The number of aromatic amines is 1. The van der Waals surface area contributed by atoms with Gasteiger partial charge in [0.25, 0.3) is 0 Å². The fourth-order valence-corrected chi connectivity index (χ4v) is 3.52. The lowest BCUT2D eigenvalue weighted by atomic mass is 9.95. The third-order valence-corrected chi connectivity index (χ3v) is 5.35. The van der Waals surface area contributed by atoms with E-state index >= 15 is 0 Å². The van der Waals surface area contributed by atoms with Crippen molar-refractivity contribution in [1.82, 2.24) is 20.0 Å². The van der Waals surface area contributed by atoms with Crippen LogP contribution in [-0.4, -0.2) is 65.6 Å². The summed E-state index contributed by atoms with van der Waals surface area (Å²) in [7, 11) is 3.48. The highest BCUT2D eigenvalue weighted by Crippen LogP contribution is 2.21. The number of likely N-dealkylation sites (tertiary alicyclic amines) is 1. The maximum atomic E-state index is 12.8. The van der Waals surface area contributed by atoms with Gasteiger partial charge in [0.1, 0.15) is 5.75 Å². The van der Waals surface area contributed by atoms with E-state index in [0.29, 0.717) is 32.5 Å². The smallest absolute Gasteiger partial charge is 0.227 e. The number of hydrogen-bond acceptors (Lipinski definition) is 4. The zero-order valence-corrected chi connectivity index (χ0v) is 16.6. The number of H-pyrrole nitrogens is 1. The van der Waals surface area contributed by atoms with E-state index in [1.807, 2.05) is 42.4 Å². The number of hydrogen-bond donors (Lipinski definition) is 1. The van der Waals surface area contributed by atoms with Crippen molar-refractivity contribution in [2.45, 2.75) is 25.7 Å². The third-order valence-electron chi connectivity index (χ3n) is 5.35. The molecule has 1 aromatic heterocycles. The second-order valence-corrected chi connectivity index (χ2v) is 7.29. The first-order valence-corrected chi connectivity index (χ1v) is 9.70. The summed E-state index contributed by atoms with van der Waals surface area (Å²) in [5.74, 6) is 0.953. The first-order valence-electron chi connectivity index (χ1n) is 9.70. The zero-order chi connectivity index (χ0) is 19.9. The Bertz CT molecular complexity index is 773. The number of nitrogens with one attached hydrogen (secondary N) is 1. The average molecular weight is 384 g/mol. The molecular formula is C21H28N4O3. The molecule has 2 heterocycles. The van der Waals surface area contributed by atoms with E-state index in [1.54, 1.807) is 18.2 Å². The van der Waals surface area contributed by atoms with Crippen LogP contribution in [0.1, 0.15) is 24.0 Å². The number of likely N-dealkylation sites (N-methyl/N-ethyl adjacent to an activating group) is 1. The van der Waals surface area contributed by atoms with Crippen LogP contribution in [-0.2, 0) is 22.4 Å². The summed E-state index contributed by atoms with van der Waals surface area (Å²) in [5, 5.41) is 6.71. The summed E-state index contributed by atoms with van der Waals surface area (Å²) >= 11 is 0. The molecule has 28 heavy (non-hydrogen) atoms. The van der Waals surface area contributed by atoms with E-state index in [2.05, 4.69) is 10.2 Å². The van der Waals surface area contributed by atoms with E-state index in [-0.39, 0.29) is 17.7 Å². The lowest BCUT2D eigenvalue weighted by Gasteiger charge is -2.34. The van der Waals surface area contributed by atoms with Crippen molar-refractivity contribution >= 4 is 11.8 Å². The Labute approximate surface area is 165 Å². The number of carbonyl (C=O) groups excluding carboxylic acids is 2. The number of rotatable bonds is 8. The molecule has 0 aliphatic carbocycles. The number of piperidine rings is 1. The van der Waals surface area contributed by atoms with Gasteiger partial charge in [-0.05, 0) is 42.5 Å². The molecule has 2 aromatic rings. The normalized spacial score (nSPS) is 16.9. The van der Waals surface area contributed by atoms with Crippen LogP contribution >= 0.6 is 0 Å².